The molecule has 1 aliphatic heterocycles. The van der Waals surface area contributed by atoms with Crippen molar-refractivity contribution in [3.63, 3.8) is 0 Å². The zero-order chi connectivity index (χ0) is 20.5. The molecule has 3 aromatic rings. The van der Waals surface area contributed by atoms with E-state index in [0.29, 0.717) is 24.5 Å². The molecule has 3 heterocycles. The Morgan fingerprint density at radius 2 is 1.90 bits per heavy atom. The summed E-state index contributed by atoms with van der Waals surface area (Å²) in [6, 6.07) is 11.6. The molecule has 1 aromatic carbocycles. The summed E-state index contributed by atoms with van der Waals surface area (Å²) in [5, 5.41) is 16.0. The summed E-state index contributed by atoms with van der Waals surface area (Å²) < 4.78 is 5.40. The van der Waals surface area contributed by atoms with Gasteiger partial charge in [-0.15, -0.1) is 5.10 Å². The van der Waals surface area contributed by atoms with Crippen LogP contribution in [0.1, 0.15) is 28.2 Å². The van der Waals surface area contributed by atoms with E-state index < -0.39 is 0 Å². The van der Waals surface area contributed by atoms with E-state index in [1.54, 1.807) is 13.2 Å². The number of hydrogen-bond acceptors (Lipinski definition) is 6. The Labute approximate surface area is 174 Å². The molecule has 8 nitrogen and oxygen atoms in total. The minimum Gasteiger partial charge on any atom is -0.496 e. The summed E-state index contributed by atoms with van der Waals surface area (Å²) >= 11 is 0. The van der Waals surface area contributed by atoms with Crippen molar-refractivity contribution in [1.29, 1.82) is 0 Å². The number of nitrogens with one attached hydrogen (secondary N) is 1. The van der Waals surface area contributed by atoms with Crippen molar-refractivity contribution >= 4 is 11.7 Å². The van der Waals surface area contributed by atoms with Gasteiger partial charge < -0.3 is 14.5 Å². The quantitative estimate of drug-likeness (QED) is 0.718. The maximum atomic E-state index is 13.0. The smallest absolute Gasteiger partial charge is 0.272 e. The van der Waals surface area contributed by atoms with E-state index in [1.165, 1.54) is 5.56 Å². The van der Waals surface area contributed by atoms with Crippen LogP contribution in [0, 0.1) is 0 Å². The van der Waals surface area contributed by atoms with Gasteiger partial charge in [0, 0.05) is 31.7 Å². The number of H-pyrrole nitrogens is 1. The first-order valence-electron chi connectivity index (χ1n) is 10.3. The molecule has 1 amide bonds. The molecule has 0 radical (unpaired) electrons. The summed E-state index contributed by atoms with van der Waals surface area (Å²) in [6.45, 7) is 2.76. The third-order valence-electron chi connectivity index (χ3n) is 5.89. The molecule has 2 aromatic heterocycles. The lowest BCUT2D eigenvalue weighted by molar-refractivity contribution is 0.0740. The number of aryl methyl sites for hydroxylation is 2. The number of amides is 1. The van der Waals surface area contributed by atoms with E-state index in [-0.39, 0.29) is 5.91 Å². The van der Waals surface area contributed by atoms with E-state index in [1.807, 2.05) is 29.2 Å². The molecule has 5 rings (SSSR count). The Bertz CT molecular complexity index is 1070. The minimum atomic E-state index is -0.0386. The molecule has 30 heavy (non-hydrogen) atoms. The van der Waals surface area contributed by atoms with Gasteiger partial charge in [-0.3, -0.25) is 9.89 Å². The van der Waals surface area contributed by atoms with Crippen LogP contribution >= 0.6 is 0 Å². The van der Waals surface area contributed by atoms with Gasteiger partial charge in [-0.25, -0.2) is 0 Å². The fourth-order valence-electron chi connectivity index (χ4n) is 4.21. The van der Waals surface area contributed by atoms with Gasteiger partial charge in [0.25, 0.3) is 5.91 Å². The normalized spacial score (nSPS) is 15.9. The number of fused-ring (bicyclic) bond motifs is 1. The molecule has 154 valence electrons. The number of methoxy groups -OCH3 is 1. The monoisotopic (exact) mass is 404 g/mol. The van der Waals surface area contributed by atoms with Gasteiger partial charge in [-0.1, -0.05) is 12.1 Å². The lowest BCUT2D eigenvalue weighted by Gasteiger charge is -2.35. The van der Waals surface area contributed by atoms with Crippen LogP contribution in [0.3, 0.4) is 0 Å². The fraction of sp³-hybridized carbons (Fsp3) is 0.364. The van der Waals surface area contributed by atoms with Gasteiger partial charge in [-0.2, -0.15) is 10.2 Å². The van der Waals surface area contributed by atoms with Crippen LogP contribution in [0.25, 0.3) is 11.3 Å². The first-order chi connectivity index (χ1) is 14.7. The van der Waals surface area contributed by atoms with Crippen LogP contribution in [0.2, 0.25) is 0 Å². The summed E-state index contributed by atoms with van der Waals surface area (Å²) in [5.41, 5.74) is 4.50. The second kappa shape index (κ2) is 7.78. The van der Waals surface area contributed by atoms with Gasteiger partial charge in [0.15, 0.2) is 5.82 Å². The second-order valence-corrected chi connectivity index (χ2v) is 7.67. The predicted molar refractivity (Wildman–Crippen MR) is 113 cm³/mol. The highest BCUT2D eigenvalue weighted by molar-refractivity contribution is 5.93. The highest BCUT2D eigenvalue weighted by Crippen LogP contribution is 2.29. The fourth-order valence-corrected chi connectivity index (χ4v) is 4.21. The van der Waals surface area contributed by atoms with Crippen molar-refractivity contribution in [2.24, 2.45) is 0 Å². The Morgan fingerprint density at radius 3 is 2.73 bits per heavy atom. The third-order valence-corrected chi connectivity index (χ3v) is 5.89. The van der Waals surface area contributed by atoms with Gasteiger partial charge >= 0.3 is 0 Å². The molecular formula is C22H24N6O2. The van der Waals surface area contributed by atoms with Crippen LogP contribution < -0.4 is 9.64 Å². The highest BCUT2D eigenvalue weighted by Gasteiger charge is 2.25. The van der Waals surface area contributed by atoms with Crippen LogP contribution in [-0.2, 0) is 12.8 Å². The van der Waals surface area contributed by atoms with Crippen molar-refractivity contribution < 1.29 is 9.53 Å². The van der Waals surface area contributed by atoms with Crippen LogP contribution in [0.15, 0.2) is 36.4 Å². The van der Waals surface area contributed by atoms with Gasteiger partial charge in [0.2, 0.25) is 0 Å². The van der Waals surface area contributed by atoms with Crippen molar-refractivity contribution in [1.82, 2.24) is 25.3 Å². The number of ether oxygens (including phenoxy) is 1. The number of piperazine rings is 1. The molecule has 0 bridgehead atoms. The summed E-state index contributed by atoms with van der Waals surface area (Å²) in [7, 11) is 1.63. The van der Waals surface area contributed by atoms with Crippen molar-refractivity contribution in [2.75, 3.05) is 38.2 Å². The van der Waals surface area contributed by atoms with Gasteiger partial charge in [0.1, 0.15) is 11.4 Å². The SMILES string of the molecule is COc1ccccc1-c1cc(C(=O)N2CCN(c3cc4c(nn3)CCC4)CC2)[nH]n1. The lowest BCUT2D eigenvalue weighted by atomic mass is 10.1. The van der Waals surface area contributed by atoms with Crippen molar-refractivity contribution in [3.8, 4) is 17.0 Å². The molecular weight excluding hydrogens is 380 g/mol. The first-order valence-corrected chi connectivity index (χ1v) is 10.3. The lowest BCUT2D eigenvalue weighted by Crippen LogP contribution is -2.49. The molecule has 0 spiro atoms. The molecule has 1 aliphatic carbocycles. The molecule has 1 fully saturated rings. The first kappa shape index (κ1) is 18.6. The molecule has 1 N–H and O–H groups in total. The summed E-state index contributed by atoms with van der Waals surface area (Å²) in [6.07, 6.45) is 3.29. The summed E-state index contributed by atoms with van der Waals surface area (Å²) in [4.78, 5) is 17.0. The zero-order valence-electron chi connectivity index (χ0n) is 17.0. The number of nitrogens with zero attached hydrogens (tertiary/aromatic N) is 5. The van der Waals surface area contributed by atoms with Crippen LogP contribution in [0.5, 0.6) is 5.75 Å². The molecule has 0 unspecified atom stereocenters. The number of para-hydroxylation sites is 1. The molecule has 0 saturated carbocycles. The maximum absolute atomic E-state index is 13.0. The Balaban J connectivity index is 1.26. The van der Waals surface area contributed by atoms with Gasteiger partial charge in [0.05, 0.1) is 18.5 Å². The van der Waals surface area contributed by atoms with Crippen molar-refractivity contribution in [3.05, 3.63) is 53.3 Å². The Morgan fingerprint density at radius 1 is 1.07 bits per heavy atom. The summed E-state index contributed by atoms with van der Waals surface area (Å²) in [5.74, 6) is 1.61. The number of anilines is 1. The zero-order valence-corrected chi connectivity index (χ0v) is 17.0. The average Bonchev–Trinajstić information content (AvgIpc) is 3.48. The average molecular weight is 404 g/mol. The Kier molecular flexibility index (Phi) is 4.82. The van der Waals surface area contributed by atoms with E-state index in [0.717, 1.165) is 55.2 Å². The number of aromatic amines is 1. The van der Waals surface area contributed by atoms with Crippen LogP contribution in [0.4, 0.5) is 5.82 Å². The number of carbonyl (C=O) groups is 1. The van der Waals surface area contributed by atoms with E-state index in [4.69, 9.17) is 4.74 Å². The van der Waals surface area contributed by atoms with E-state index >= 15 is 0 Å². The van der Waals surface area contributed by atoms with Crippen LogP contribution in [-0.4, -0.2) is 64.5 Å². The topological polar surface area (TPSA) is 87.2 Å². The third kappa shape index (κ3) is 3.38. The Hall–Kier alpha value is -3.42. The van der Waals surface area contributed by atoms with Gasteiger partial charge in [-0.05, 0) is 49.1 Å². The van der Waals surface area contributed by atoms with Crippen molar-refractivity contribution in [2.45, 2.75) is 19.3 Å². The molecule has 8 heteroatoms. The molecule has 0 atom stereocenters. The predicted octanol–water partition coefficient (Wildman–Crippen LogP) is 2.33. The number of benzene rings is 1. The standard InChI is InChI=1S/C22H24N6O2/c1-30-20-8-3-2-6-16(20)18-14-19(25-24-18)22(29)28-11-9-27(10-12-28)21-13-15-5-4-7-17(15)23-26-21/h2-3,6,8,13-14H,4-5,7,9-12H2,1H3,(H,24,25). The number of hydrogen-bond donors (Lipinski definition) is 1. The maximum Gasteiger partial charge on any atom is 0.272 e. The largest absolute Gasteiger partial charge is 0.496 e. The second-order valence-electron chi connectivity index (χ2n) is 7.67. The number of rotatable bonds is 4. The van der Waals surface area contributed by atoms with E-state index in [2.05, 4.69) is 31.4 Å². The number of aromatic nitrogens is 4. The van der Waals surface area contributed by atoms with E-state index in [9.17, 15) is 4.79 Å². The molecule has 2 aliphatic rings. The number of carbonyl (C=O) groups excluding carboxylic acids is 1. The minimum absolute atomic E-state index is 0.0386. The highest BCUT2D eigenvalue weighted by atomic mass is 16.5. The molecule has 1 saturated heterocycles.